The van der Waals surface area contributed by atoms with Crippen molar-refractivity contribution >= 4 is 10.0 Å². The zero-order valence-electron chi connectivity index (χ0n) is 19.8. The third kappa shape index (κ3) is 4.02. The van der Waals surface area contributed by atoms with Crippen LogP contribution in [0.25, 0.3) is 0 Å². The fraction of sp³-hybridized carbons (Fsp3) is 0.357. The largest absolute Gasteiger partial charge is 0.243 e. The van der Waals surface area contributed by atoms with Crippen LogP contribution in [0.5, 0.6) is 0 Å². The molecule has 1 heterocycles. The van der Waals surface area contributed by atoms with E-state index in [9.17, 15) is 8.42 Å². The van der Waals surface area contributed by atoms with Gasteiger partial charge in [-0.05, 0) is 96.7 Å². The lowest BCUT2D eigenvalue weighted by Gasteiger charge is -2.18. The highest BCUT2D eigenvalue weighted by molar-refractivity contribution is 7.89. The fourth-order valence-corrected chi connectivity index (χ4v) is 6.39. The second-order valence-corrected chi connectivity index (χ2v) is 10.9. The highest BCUT2D eigenvalue weighted by Gasteiger charge is 2.33. The molecule has 3 nitrogen and oxygen atoms in total. The Labute approximate surface area is 193 Å². The van der Waals surface area contributed by atoms with Crippen molar-refractivity contribution in [2.45, 2.75) is 71.9 Å². The van der Waals surface area contributed by atoms with Crippen LogP contribution in [0.3, 0.4) is 0 Å². The highest BCUT2D eigenvalue weighted by Crippen LogP contribution is 2.36. The SMILES string of the molecule is CCc1cc(Cc2c(C)cccc2C)c(CC)c2c1CN(S(=O)(=O)c1ccc(C)cc1)C2. The molecule has 1 aliphatic heterocycles. The van der Waals surface area contributed by atoms with Crippen LogP contribution in [0, 0.1) is 20.8 Å². The first kappa shape index (κ1) is 22.8. The lowest BCUT2D eigenvalue weighted by molar-refractivity contribution is 0.430. The van der Waals surface area contributed by atoms with Gasteiger partial charge in [-0.15, -0.1) is 0 Å². The topological polar surface area (TPSA) is 37.4 Å². The van der Waals surface area contributed by atoms with Gasteiger partial charge in [0, 0.05) is 13.1 Å². The molecule has 4 rings (SSSR count). The third-order valence-corrected chi connectivity index (χ3v) is 8.73. The quantitative estimate of drug-likeness (QED) is 0.462. The summed E-state index contributed by atoms with van der Waals surface area (Å²) >= 11 is 0. The monoisotopic (exact) mass is 447 g/mol. The smallest absolute Gasteiger partial charge is 0.207 e. The number of hydrogen-bond donors (Lipinski definition) is 0. The van der Waals surface area contributed by atoms with Crippen LogP contribution in [0.4, 0.5) is 0 Å². The molecule has 0 amide bonds. The maximum absolute atomic E-state index is 13.4. The molecule has 0 bridgehead atoms. The van der Waals surface area contributed by atoms with Crippen molar-refractivity contribution in [3.63, 3.8) is 0 Å². The summed E-state index contributed by atoms with van der Waals surface area (Å²) in [5, 5.41) is 0. The standard InChI is InChI=1S/C28H33NO2S/c1-6-22-15-23(16-26-20(4)9-8-10-21(26)5)25(7-2)28-18-29(17-27(22)28)32(30,31)24-13-11-19(3)12-14-24/h8-15H,6-7,16-18H2,1-5H3. The lowest BCUT2D eigenvalue weighted by atomic mass is 9.86. The van der Waals surface area contributed by atoms with Crippen LogP contribution >= 0.6 is 0 Å². The van der Waals surface area contributed by atoms with Gasteiger partial charge in [-0.2, -0.15) is 4.31 Å². The summed E-state index contributed by atoms with van der Waals surface area (Å²) in [6.07, 6.45) is 2.71. The fourth-order valence-electron chi connectivity index (χ4n) is 5.01. The highest BCUT2D eigenvalue weighted by atomic mass is 32.2. The molecule has 1 aliphatic rings. The maximum Gasteiger partial charge on any atom is 0.243 e. The molecule has 4 heteroatoms. The Hall–Kier alpha value is -2.43. The van der Waals surface area contributed by atoms with Crippen LogP contribution < -0.4 is 0 Å². The number of hydrogen-bond acceptors (Lipinski definition) is 2. The summed E-state index contributed by atoms with van der Waals surface area (Å²) in [5.41, 5.74) is 11.5. The van der Waals surface area contributed by atoms with Crippen LogP contribution in [0.2, 0.25) is 0 Å². The van der Waals surface area contributed by atoms with Gasteiger partial charge in [-0.3, -0.25) is 0 Å². The molecular formula is C28H33NO2S. The average molecular weight is 448 g/mol. The Bertz CT molecular complexity index is 1240. The van der Waals surface area contributed by atoms with E-state index >= 15 is 0 Å². The molecule has 0 aromatic heterocycles. The Morgan fingerprint density at radius 1 is 0.781 bits per heavy atom. The summed E-state index contributed by atoms with van der Waals surface area (Å²) in [6.45, 7) is 11.6. The first-order chi connectivity index (χ1) is 15.3. The molecule has 3 aromatic carbocycles. The number of aryl methyl sites for hydroxylation is 4. The van der Waals surface area contributed by atoms with E-state index < -0.39 is 10.0 Å². The van der Waals surface area contributed by atoms with Crippen LogP contribution in [-0.4, -0.2) is 12.7 Å². The van der Waals surface area contributed by atoms with Crippen molar-refractivity contribution < 1.29 is 8.42 Å². The molecule has 0 spiro atoms. The van der Waals surface area contributed by atoms with Crippen LogP contribution in [-0.2, 0) is 42.4 Å². The summed E-state index contributed by atoms with van der Waals surface area (Å²) in [6, 6.07) is 16.0. The van der Waals surface area contributed by atoms with Crippen LogP contribution in [0.15, 0.2) is 53.4 Å². The normalized spacial score (nSPS) is 14.0. The van der Waals surface area contributed by atoms with Crippen molar-refractivity contribution in [3.8, 4) is 0 Å². The minimum atomic E-state index is -3.52. The van der Waals surface area contributed by atoms with Gasteiger partial charge in [0.1, 0.15) is 0 Å². The van der Waals surface area contributed by atoms with Crippen molar-refractivity contribution in [3.05, 3.63) is 98.6 Å². The molecular weight excluding hydrogens is 414 g/mol. The Kier molecular flexibility index (Phi) is 6.28. The molecule has 0 fully saturated rings. The van der Waals surface area contributed by atoms with Gasteiger partial charge < -0.3 is 0 Å². The summed E-state index contributed by atoms with van der Waals surface area (Å²) in [7, 11) is -3.52. The van der Waals surface area contributed by atoms with E-state index in [2.05, 4.69) is 52.0 Å². The van der Waals surface area contributed by atoms with E-state index in [1.807, 2.05) is 19.1 Å². The van der Waals surface area contributed by atoms with Gasteiger partial charge in [0.05, 0.1) is 4.90 Å². The molecule has 0 saturated heterocycles. The molecule has 0 saturated carbocycles. The number of fused-ring (bicyclic) bond motifs is 1. The van der Waals surface area contributed by atoms with E-state index in [0.717, 1.165) is 24.8 Å². The lowest BCUT2D eigenvalue weighted by Crippen LogP contribution is -2.25. The van der Waals surface area contributed by atoms with Gasteiger partial charge in [0.2, 0.25) is 10.0 Å². The second kappa shape index (κ2) is 8.84. The Morgan fingerprint density at radius 3 is 2.00 bits per heavy atom. The number of benzene rings is 3. The second-order valence-electron chi connectivity index (χ2n) is 8.97. The summed E-state index contributed by atoms with van der Waals surface area (Å²) in [5.74, 6) is 0. The predicted octanol–water partition coefficient (Wildman–Crippen LogP) is 6.03. The molecule has 0 atom stereocenters. The predicted molar refractivity (Wildman–Crippen MR) is 132 cm³/mol. The molecule has 168 valence electrons. The van der Waals surface area contributed by atoms with Gasteiger partial charge >= 0.3 is 0 Å². The molecule has 32 heavy (non-hydrogen) atoms. The summed E-state index contributed by atoms with van der Waals surface area (Å²) in [4.78, 5) is 0.378. The minimum Gasteiger partial charge on any atom is -0.207 e. The summed E-state index contributed by atoms with van der Waals surface area (Å²) < 4.78 is 28.5. The number of sulfonamides is 1. The molecule has 3 aromatic rings. The van der Waals surface area contributed by atoms with Crippen molar-refractivity contribution in [1.82, 2.24) is 4.31 Å². The average Bonchev–Trinajstić information content (AvgIpc) is 3.22. The van der Waals surface area contributed by atoms with Gasteiger partial charge in [-0.25, -0.2) is 8.42 Å². The maximum atomic E-state index is 13.4. The molecule has 0 unspecified atom stereocenters. The zero-order chi connectivity index (χ0) is 23.0. The molecule has 0 N–H and O–H groups in total. The van der Waals surface area contributed by atoms with Gasteiger partial charge in [0.15, 0.2) is 0 Å². The van der Waals surface area contributed by atoms with Gasteiger partial charge in [-0.1, -0.05) is 55.8 Å². The number of nitrogens with zero attached hydrogens (tertiary/aromatic N) is 1. The van der Waals surface area contributed by atoms with E-state index in [4.69, 9.17) is 0 Å². The Morgan fingerprint density at radius 2 is 1.41 bits per heavy atom. The first-order valence-electron chi connectivity index (χ1n) is 11.5. The first-order valence-corrected chi connectivity index (χ1v) is 13.0. The number of rotatable bonds is 6. The zero-order valence-corrected chi connectivity index (χ0v) is 20.6. The van der Waals surface area contributed by atoms with Crippen molar-refractivity contribution in [1.29, 1.82) is 0 Å². The van der Waals surface area contributed by atoms with E-state index in [0.29, 0.717) is 18.0 Å². The van der Waals surface area contributed by atoms with Crippen molar-refractivity contribution in [2.75, 3.05) is 0 Å². The van der Waals surface area contributed by atoms with E-state index in [1.54, 1.807) is 16.4 Å². The van der Waals surface area contributed by atoms with E-state index in [-0.39, 0.29) is 0 Å². The van der Waals surface area contributed by atoms with Crippen molar-refractivity contribution in [2.24, 2.45) is 0 Å². The van der Waals surface area contributed by atoms with Crippen LogP contribution in [0.1, 0.15) is 63.9 Å². The van der Waals surface area contributed by atoms with E-state index in [1.165, 1.54) is 44.5 Å². The van der Waals surface area contributed by atoms with Gasteiger partial charge in [0.25, 0.3) is 0 Å². The Balaban J connectivity index is 1.76. The third-order valence-electron chi connectivity index (χ3n) is 6.93. The molecule has 0 radical (unpaired) electrons. The minimum absolute atomic E-state index is 0.378. The molecule has 0 aliphatic carbocycles.